The first-order valence-corrected chi connectivity index (χ1v) is 13.5. The molecule has 4 atom stereocenters. The van der Waals surface area contributed by atoms with Gasteiger partial charge in [0, 0.05) is 0 Å². The van der Waals surface area contributed by atoms with Gasteiger partial charge in [0.2, 0.25) is 0 Å². The molecular formula is C22H36O7Si. The molecule has 0 unspecified atom stereocenters. The second kappa shape index (κ2) is 8.55. The lowest BCUT2D eigenvalue weighted by molar-refractivity contribution is -0.171. The fraction of sp³-hybridized carbons (Fsp3) is 0.773. The van der Waals surface area contributed by atoms with E-state index in [1.807, 2.05) is 0 Å². The number of hydrogen-bond acceptors (Lipinski definition) is 7. The number of carbonyl (C=O) groups excluding carboxylic acids is 3. The summed E-state index contributed by atoms with van der Waals surface area (Å²) in [4.78, 5) is 39.2. The van der Waals surface area contributed by atoms with Gasteiger partial charge in [-0.05, 0) is 51.9 Å². The summed E-state index contributed by atoms with van der Waals surface area (Å²) < 4.78 is 23.3. The van der Waals surface area contributed by atoms with E-state index in [2.05, 4.69) is 33.9 Å². The van der Waals surface area contributed by atoms with Crippen molar-refractivity contribution in [2.24, 2.45) is 11.8 Å². The maximum Gasteiger partial charge on any atom is 0.313 e. The Morgan fingerprint density at radius 2 is 1.63 bits per heavy atom. The van der Waals surface area contributed by atoms with Crippen molar-refractivity contribution in [3.63, 3.8) is 0 Å². The van der Waals surface area contributed by atoms with Crippen molar-refractivity contribution in [3.05, 3.63) is 12.2 Å². The zero-order valence-electron chi connectivity index (χ0n) is 19.6. The maximum absolute atomic E-state index is 13.1. The smallest absolute Gasteiger partial charge is 0.313 e. The van der Waals surface area contributed by atoms with Crippen LogP contribution in [-0.4, -0.2) is 56.6 Å². The summed E-state index contributed by atoms with van der Waals surface area (Å²) >= 11 is 0. The van der Waals surface area contributed by atoms with E-state index in [1.54, 1.807) is 27.7 Å². The zero-order chi connectivity index (χ0) is 23.1. The normalized spacial score (nSPS) is 28.9. The first-order valence-electron chi connectivity index (χ1n) is 10.6. The highest BCUT2D eigenvalue weighted by Crippen LogP contribution is 2.48. The van der Waals surface area contributed by atoms with Crippen molar-refractivity contribution in [1.82, 2.24) is 0 Å². The van der Waals surface area contributed by atoms with Gasteiger partial charge in [-0.2, -0.15) is 0 Å². The molecule has 2 aliphatic rings. The van der Waals surface area contributed by atoms with Crippen LogP contribution in [-0.2, 0) is 33.0 Å². The van der Waals surface area contributed by atoms with Gasteiger partial charge in [-0.25, -0.2) is 0 Å². The molecule has 0 aromatic carbocycles. The topological polar surface area (TPSA) is 88.1 Å². The van der Waals surface area contributed by atoms with E-state index in [0.717, 1.165) is 0 Å². The van der Waals surface area contributed by atoms with Crippen molar-refractivity contribution in [3.8, 4) is 0 Å². The van der Waals surface area contributed by atoms with Gasteiger partial charge >= 0.3 is 11.9 Å². The molecule has 2 aliphatic heterocycles. The second-order valence-electron chi connectivity index (χ2n) is 10.2. The van der Waals surface area contributed by atoms with E-state index in [1.165, 1.54) is 12.2 Å². The molecule has 7 nitrogen and oxygen atoms in total. The van der Waals surface area contributed by atoms with Crippen LogP contribution in [0.15, 0.2) is 12.2 Å². The Kier molecular flexibility index (Phi) is 7.06. The Morgan fingerprint density at radius 3 is 2.13 bits per heavy atom. The van der Waals surface area contributed by atoms with Crippen LogP contribution >= 0.6 is 0 Å². The SMILES string of the molecule is CC(C)OC(=O)[C@@H]1[C@H]2C=CC(=O)[C@](CO[Si](C)(C)C(C)(C)C)(O2)[C@H]1C(=O)OC(C)C. The van der Waals surface area contributed by atoms with Crippen LogP contribution in [0.5, 0.6) is 0 Å². The Labute approximate surface area is 180 Å². The molecule has 1 fully saturated rings. The molecule has 0 aromatic heterocycles. The highest BCUT2D eigenvalue weighted by molar-refractivity contribution is 6.74. The molecule has 170 valence electrons. The van der Waals surface area contributed by atoms with Gasteiger partial charge in [0.15, 0.2) is 19.7 Å². The third kappa shape index (κ3) is 4.70. The van der Waals surface area contributed by atoms with E-state index in [4.69, 9.17) is 18.6 Å². The number of fused-ring (bicyclic) bond motifs is 2. The molecule has 30 heavy (non-hydrogen) atoms. The molecule has 2 rings (SSSR count). The number of ketones is 1. The lowest BCUT2D eigenvalue weighted by Gasteiger charge is -2.40. The minimum atomic E-state index is -2.26. The van der Waals surface area contributed by atoms with E-state index >= 15 is 0 Å². The minimum Gasteiger partial charge on any atom is -0.463 e. The van der Waals surface area contributed by atoms with Crippen LogP contribution in [0.1, 0.15) is 48.5 Å². The summed E-state index contributed by atoms with van der Waals surface area (Å²) in [5, 5.41) is -0.0981. The molecule has 0 aromatic rings. The average molecular weight is 441 g/mol. The predicted octanol–water partition coefficient (Wildman–Crippen LogP) is 3.42. The Morgan fingerprint density at radius 1 is 1.10 bits per heavy atom. The van der Waals surface area contributed by atoms with E-state index < -0.39 is 49.9 Å². The molecule has 8 heteroatoms. The summed E-state index contributed by atoms with van der Waals surface area (Å²) in [6.07, 6.45) is 1.41. The van der Waals surface area contributed by atoms with Crippen LogP contribution in [0.4, 0.5) is 0 Å². The van der Waals surface area contributed by atoms with Crippen molar-refractivity contribution in [1.29, 1.82) is 0 Å². The molecule has 0 spiro atoms. The van der Waals surface area contributed by atoms with Gasteiger partial charge < -0.3 is 18.6 Å². The fourth-order valence-electron chi connectivity index (χ4n) is 3.49. The van der Waals surface area contributed by atoms with E-state index in [9.17, 15) is 14.4 Å². The Balaban J connectivity index is 2.47. The van der Waals surface area contributed by atoms with E-state index in [-0.39, 0.29) is 23.5 Å². The lowest BCUT2D eigenvalue weighted by atomic mass is 9.78. The molecule has 2 heterocycles. The zero-order valence-corrected chi connectivity index (χ0v) is 20.6. The molecule has 2 bridgehead atoms. The average Bonchev–Trinajstić information content (AvgIpc) is 2.85. The van der Waals surface area contributed by atoms with Crippen LogP contribution < -0.4 is 0 Å². The minimum absolute atomic E-state index is 0.0981. The number of carbonyl (C=O) groups is 3. The Bertz CT molecular complexity index is 719. The second-order valence-corrected chi connectivity index (χ2v) is 15.0. The van der Waals surface area contributed by atoms with Crippen LogP contribution in [0.2, 0.25) is 18.1 Å². The van der Waals surface area contributed by atoms with Crippen molar-refractivity contribution in [2.45, 2.75) is 90.5 Å². The van der Waals surface area contributed by atoms with Gasteiger partial charge in [0.1, 0.15) is 11.8 Å². The first-order chi connectivity index (χ1) is 13.6. The van der Waals surface area contributed by atoms with Gasteiger partial charge in [-0.15, -0.1) is 0 Å². The molecule has 0 aliphatic carbocycles. The van der Waals surface area contributed by atoms with Crippen LogP contribution in [0.3, 0.4) is 0 Å². The summed E-state index contributed by atoms with van der Waals surface area (Å²) in [6, 6.07) is 0. The number of rotatable bonds is 7. The lowest BCUT2D eigenvalue weighted by Crippen LogP contribution is -2.56. The van der Waals surface area contributed by atoms with Gasteiger partial charge in [-0.3, -0.25) is 14.4 Å². The molecule has 0 N–H and O–H groups in total. The number of esters is 2. The highest BCUT2D eigenvalue weighted by Gasteiger charge is 2.66. The summed E-state index contributed by atoms with van der Waals surface area (Å²) in [5.41, 5.74) is -1.60. The predicted molar refractivity (Wildman–Crippen MR) is 114 cm³/mol. The summed E-state index contributed by atoms with van der Waals surface area (Å²) in [6.45, 7) is 17.2. The molecule has 0 amide bonds. The summed E-state index contributed by atoms with van der Waals surface area (Å²) in [5.74, 6) is -3.71. The van der Waals surface area contributed by atoms with Crippen molar-refractivity contribution >= 4 is 26.0 Å². The summed E-state index contributed by atoms with van der Waals surface area (Å²) in [7, 11) is -2.26. The maximum atomic E-state index is 13.1. The van der Waals surface area contributed by atoms with Crippen molar-refractivity contribution in [2.75, 3.05) is 6.61 Å². The standard InChI is InChI=1S/C22H36O7Si/c1-13(2)27-19(24)17-15-10-11-16(23)22(29-15,18(17)20(25)28-14(3)4)12-26-30(8,9)21(5,6)7/h10-11,13-15,17-18H,12H2,1-9H3/t15-,17-,18-,22+/m1/s1. The van der Waals surface area contributed by atoms with Gasteiger partial charge in [-0.1, -0.05) is 26.8 Å². The fourth-order valence-corrected chi connectivity index (χ4v) is 4.49. The quantitative estimate of drug-likeness (QED) is 0.443. The van der Waals surface area contributed by atoms with Crippen LogP contribution in [0.25, 0.3) is 0 Å². The monoisotopic (exact) mass is 440 g/mol. The number of ether oxygens (including phenoxy) is 3. The van der Waals surface area contributed by atoms with Gasteiger partial charge in [0.05, 0.1) is 24.9 Å². The highest BCUT2D eigenvalue weighted by atomic mass is 28.4. The molecule has 0 radical (unpaired) electrons. The third-order valence-corrected chi connectivity index (χ3v) is 10.6. The molecular weight excluding hydrogens is 404 g/mol. The van der Waals surface area contributed by atoms with Gasteiger partial charge in [0.25, 0.3) is 0 Å². The molecule has 0 saturated carbocycles. The third-order valence-electron chi connectivity index (χ3n) is 6.10. The Hall–Kier alpha value is -1.51. The van der Waals surface area contributed by atoms with Crippen molar-refractivity contribution < 1.29 is 33.0 Å². The largest absolute Gasteiger partial charge is 0.463 e. The first kappa shape index (κ1) is 24.8. The van der Waals surface area contributed by atoms with Crippen LogP contribution in [0, 0.1) is 11.8 Å². The molecule has 1 saturated heterocycles. The van der Waals surface area contributed by atoms with E-state index in [0.29, 0.717) is 0 Å². The number of hydrogen-bond donors (Lipinski definition) is 0.